The summed E-state index contributed by atoms with van der Waals surface area (Å²) in [6.07, 6.45) is 0.123. The summed E-state index contributed by atoms with van der Waals surface area (Å²) >= 11 is 0. The zero-order chi connectivity index (χ0) is 12.4. The number of pyridine rings is 1. The topological polar surface area (TPSA) is 33.1 Å². The first-order valence-electron chi connectivity index (χ1n) is 5.14. The van der Waals surface area contributed by atoms with E-state index in [0.717, 1.165) is 0 Å². The standard InChI is InChI=1S/C13H11F2NO/c1-8-4-5-9(7-11(8)15)13(17)12-10(14)3-2-6-16-12/h2-7,13,17H,1H3. The molecular weight excluding hydrogens is 224 g/mol. The molecule has 2 rings (SSSR count). The molecule has 0 aliphatic carbocycles. The minimum atomic E-state index is -1.26. The van der Waals surface area contributed by atoms with Gasteiger partial charge in [0, 0.05) is 6.20 Å². The summed E-state index contributed by atoms with van der Waals surface area (Å²) in [4.78, 5) is 3.76. The maximum absolute atomic E-state index is 13.4. The van der Waals surface area contributed by atoms with Crippen LogP contribution in [0.2, 0.25) is 0 Å². The van der Waals surface area contributed by atoms with Crippen LogP contribution in [0.4, 0.5) is 8.78 Å². The summed E-state index contributed by atoms with van der Waals surface area (Å²) in [6, 6.07) is 6.91. The van der Waals surface area contributed by atoms with Crippen LogP contribution >= 0.6 is 0 Å². The number of halogens is 2. The van der Waals surface area contributed by atoms with Gasteiger partial charge in [-0.15, -0.1) is 0 Å². The molecule has 0 aliphatic heterocycles. The van der Waals surface area contributed by atoms with Crippen LogP contribution in [0.3, 0.4) is 0 Å². The molecule has 0 radical (unpaired) electrons. The highest BCUT2D eigenvalue weighted by Gasteiger charge is 2.16. The Bertz CT molecular complexity index is 543. The number of benzene rings is 1. The van der Waals surface area contributed by atoms with Crippen LogP contribution in [0.15, 0.2) is 36.5 Å². The first kappa shape index (κ1) is 11.7. The van der Waals surface area contributed by atoms with E-state index < -0.39 is 17.7 Å². The van der Waals surface area contributed by atoms with Crippen LogP contribution in [0.1, 0.15) is 22.9 Å². The maximum atomic E-state index is 13.4. The van der Waals surface area contributed by atoms with E-state index in [4.69, 9.17) is 0 Å². The van der Waals surface area contributed by atoms with E-state index in [2.05, 4.69) is 4.98 Å². The molecular formula is C13H11F2NO. The first-order valence-corrected chi connectivity index (χ1v) is 5.14. The molecule has 0 saturated heterocycles. The maximum Gasteiger partial charge on any atom is 0.147 e. The minimum absolute atomic E-state index is 0.101. The van der Waals surface area contributed by atoms with Crippen molar-refractivity contribution in [3.63, 3.8) is 0 Å². The number of aliphatic hydroxyl groups excluding tert-OH is 1. The smallest absolute Gasteiger partial charge is 0.147 e. The van der Waals surface area contributed by atoms with E-state index in [1.165, 1.54) is 30.5 Å². The number of nitrogens with zero attached hydrogens (tertiary/aromatic N) is 1. The molecule has 0 amide bonds. The molecule has 17 heavy (non-hydrogen) atoms. The quantitative estimate of drug-likeness (QED) is 0.868. The minimum Gasteiger partial charge on any atom is -0.382 e. The Morgan fingerprint density at radius 1 is 1.18 bits per heavy atom. The number of rotatable bonds is 2. The second-order valence-electron chi connectivity index (χ2n) is 3.78. The largest absolute Gasteiger partial charge is 0.382 e. The van der Waals surface area contributed by atoms with Gasteiger partial charge in [0.1, 0.15) is 23.4 Å². The van der Waals surface area contributed by atoms with Gasteiger partial charge in [0.15, 0.2) is 0 Å². The summed E-state index contributed by atoms with van der Waals surface area (Å²) in [7, 11) is 0. The highest BCUT2D eigenvalue weighted by atomic mass is 19.1. The molecule has 2 nitrogen and oxygen atoms in total. The van der Waals surface area contributed by atoms with Crippen molar-refractivity contribution in [3.8, 4) is 0 Å². The molecule has 1 aromatic carbocycles. The first-order chi connectivity index (χ1) is 8.09. The summed E-state index contributed by atoms with van der Waals surface area (Å²) in [5, 5.41) is 9.92. The second-order valence-corrected chi connectivity index (χ2v) is 3.78. The van der Waals surface area contributed by atoms with Gasteiger partial charge < -0.3 is 5.11 Å². The van der Waals surface area contributed by atoms with Gasteiger partial charge in [-0.25, -0.2) is 8.78 Å². The number of aliphatic hydroxyl groups is 1. The van der Waals surface area contributed by atoms with Gasteiger partial charge in [-0.05, 0) is 36.2 Å². The molecule has 1 unspecified atom stereocenters. The molecule has 0 aliphatic rings. The zero-order valence-corrected chi connectivity index (χ0v) is 9.19. The monoisotopic (exact) mass is 235 g/mol. The number of aryl methyl sites for hydroxylation is 1. The molecule has 0 fully saturated rings. The lowest BCUT2D eigenvalue weighted by atomic mass is 10.0. The van der Waals surface area contributed by atoms with Gasteiger partial charge in [0.2, 0.25) is 0 Å². The third-order valence-corrected chi connectivity index (χ3v) is 2.56. The average molecular weight is 235 g/mol. The van der Waals surface area contributed by atoms with Crippen LogP contribution in [-0.2, 0) is 0 Å². The fraction of sp³-hybridized carbons (Fsp3) is 0.154. The van der Waals surface area contributed by atoms with E-state index in [0.29, 0.717) is 5.56 Å². The summed E-state index contributed by atoms with van der Waals surface area (Å²) < 4.78 is 26.7. The van der Waals surface area contributed by atoms with Crippen LogP contribution in [0.5, 0.6) is 0 Å². The highest BCUT2D eigenvalue weighted by Crippen LogP contribution is 2.23. The molecule has 1 atom stereocenters. The van der Waals surface area contributed by atoms with Gasteiger partial charge >= 0.3 is 0 Å². The van der Waals surface area contributed by atoms with Crippen LogP contribution in [-0.4, -0.2) is 10.1 Å². The Balaban J connectivity index is 2.40. The second kappa shape index (κ2) is 4.59. The Kier molecular flexibility index (Phi) is 3.15. The van der Waals surface area contributed by atoms with Gasteiger partial charge in [-0.3, -0.25) is 4.98 Å². The Morgan fingerprint density at radius 3 is 2.59 bits per heavy atom. The van der Waals surface area contributed by atoms with E-state index >= 15 is 0 Å². The van der Waals surface area contributed by atoms with Crippen LogP contribution in [0, 0.1) is 18.6 Å². The van der Waals surface area contributed by atoms with Crippen LogP contribution in [0.25, 0.3) is 0 Å². The fourth-order valence-corrected chi connectivity index (χ4v) is 1.54. The normalized spacial score (nSPS) is 12.5. The van der Waals surface area contributed by atoms with E-state index in [1.54, 1.807) is 13.0 Å². The summed E-state index contributed by atoms with van der Waals surface area (Å²) in [5.74, 6) is -1.04. The SMILES string of the molecule is Cc1ccc(C(O)c2ncccc2F)cc1F. The van der Waals surface area contributed by atoms with Crippen molar-refractivity contribution in [2.24, 2.45) is 0 Å². The zero-order valence-electron chi connectivity index (χ0n) is 9.19. The van der Waals surface area contributed by atoms with Crippen molar-refractivity contribution >= 4 is 0 Å². The molecule has 88 valence electrons. The lowest BCUT2D eigenvalue weighted by Gasteiger charge is -2.11. The Labute approximate surface area is 97.6 Å². The molecule has 0 spiro atoms. The summed E-state index contributed by atoms with van der Waals surface area (Å²) in [5.41, 5.74) is 0.656. The van der Waals surface area contributed by atoms with Crippen molar-refractivity contribution in [3.05, 3.63) is 65.0 Å². The third kappa shape index (κ3) is 2.31. The number of aromatic nitrogens is 1. The van der Waals surface area contributed by atoms with Crippen molar-refractivity contribution in [2.75, 3.05) is 0 Å². The molecule has 0 saturated carbocycles. The third-order valence-electron chi connectivity index (χ3n) is 2.56. The van der Waals surface area contributed by atoms with E-state index in [-0.39, 0.29) is 11.3 Å². The molecule has 1 heterocycles. The molecule has 4 heteroatoms. The Morgan fingerprint density at radius 2 is 1.94 bits per heavy atom. The van der Waals surface area contributed by atoms with Crippen molar-refractivity contribution in [2.45, 2.75) is 13.0 Å². The highest BCUT2D eigenvalue weighted by molar-refractivity contribution is 5.30. The predicted molar refractivity (Wildman–Crippen MR) is 59.4 cm³/mol. The predicted octanol–water partition coefficient (Wildman–Crippen LogP) is 2.75. The number of hydrogen-bond donors (Lipinski definition) is 1. The molecule has 0 bridgehead atoms. The average Bonchev–Trinajstić information content (AvgIpc) is 2.32. The van der Waals surface area contributed by atoms with Gasteiger partial charge in [0.05, 0.1) is 0 Å². The summed E-state index contributed by atoms with van der Waals surface area (Å²) in [6.45, 7) is 1.62. The van der Waals surface area contributed by atoms with E-state index in [9.17, 15) is 13.9 Å². The lowest BCUT2D eigenvalue weighted by Crippen LogP contribution is -2.05. The van der Waals surface area contributed by atoms with Gasteiger partial charge in [-0.2, -0.15) is 0 Å². The molecule has 1 N–H and O–H groups in total. The van der Waals surface area contributed by atoms with Crippen LogP contribution < -0.4 is 0 Å². The molecule has 2 aromatic rings. The Hall–Kier alpha value is -1.81. The van der Waals surface area contributed by atoms with Gasteiger partial charge in [-0.1, -0.05) is 12.1 Å². The fourth-order valence-electron chi connectivity index (χ4n) is 1.54. The lowest BCUT2D eigenvalue weighted by molar-refractivity contribution is 0.209. The van der Waals surface area contributed by atoms with Crippen molar-refractivity contribution < 1.29 is 13.9 Å². The van der Waals surface area contributed by atoms with Crippen molar-refractivity contribution in [1.29, 1.82) is 0 Å². The number of hydrogen-bond acceptors (Lipinski definition) is 2. The van der Waals surface area contributed by atoms with Gasteiger partial charge in [0.25, 0.3) is 0 Å². The molecule has 1 aromatic heterocycles. The van der Waals surface area contributed by atoms with E-state index in [1.807, 2.05) is 0 Å². The van der Waals surface area contributed by atoms with Crippen molar-refractivity contribution in [1.82, 2.24) is 4.98 Å².